The first-order chi connectivity index (χ1) is 23.5. The van der Waals surface area contributed by atoms with Crippen molar-refractivity contribution in [2.24, 2.45) is 0 Å². The van der Waals surface area contributed by atoms with E-state index in [4.69, 9.17) is 23.2 Å². The minimum Gasteiger partial charge on any atom is -0.284 e. The van der Waals surface area contributed by atoms with Crippen LogP contribution in [0.25, 0.3) is 23.3 Å². The van der Waals surface area contributed by atoms with E-state index >= 15 is 0 Å². The summed E-state index contributed by atoms with van der Waals surface area (Å²) < 4.78 is 80.5. The van der Waals surface area contributed by atoms with Gasteiger partial charge in [-0.1, -0.05) is 122 Å². The molecule has 0 bridgehead atoms. The zero-order valence-corrected chi connectivity index (χ0v) is 30.4. The smallest absolute Gasteiger partial charge is 0.284 e. The van der Waals surface area contributed by atoms with Crippen molar-refractivity contribution in [1.82, 2.24) is 0 Å². The summed E-state index contributed by atoms with van der Waals surface area (Å²) in [4.78, 5) is 11.9. The normalized spacial score (nSPS) is 14.3. The van der Waals surface area contributed by atoms with Crippen LogP contribution in [0.5, 0.6) is 0 Å². The molecule has 256 valence electrons. The monoisotopic (exact) mass is 850 g/mol. The fraction of sp³-hybridized carbons (Fsp3) is 0.103. The molecule has 0 saturated carbocycles. The SMILES string of the molecule is C=C(C1=C(/C=C/c2ccc(Cl)cc2)Cc2cc(Br)ccc21)C(F)(F)F.O=C(C1=C(/C=C/c2ccc(Cl)cc2)Cc2cc(Br)ccc21)C(F)(F)F. The summed E-state index contributed by atoms with van der Waals surface area (Å²) in [6.07, 6.45) is -1.92. The third-order valence-corrected chi connectivity index (χ3v) is 9.39. The number of hydrogen-bond donors (Lipinski definition) is 0. The molecule has 0 aliphatic heterocycles. The maximum atomic E-state index is 13.3. The molecular formula is C39H24Br2Cl2F6O. The van der Waals surface area contributed by atoms with E-state index in [1.165, 1.54) is 0 Å². The molecule has 0 aromatic heterocycles. The Balaban J connectivity index is 0.000000194. The Morgan fingerprint density at radius 3 is 1.40 bits per heavy atom. The summed E-state index contributed by atoms with van der Waals surface area (Å²) in [7, 11) is 0. The van der Waals surface area contributed by atoms with E-state index in [-0.39, 0.29) is 17.6 Å². The van der Waals surface area contributed by atoms with Crippen LogP contribution in [-0.2, 0) is 17.6 Å². The number of benzene rings is 4. The van der Waals surface area contributed by atoms with Gasteiger partial charge in [0.15, 0.2) is 0 Å². The first-order valence-electron chi connectivity index (χ1n) is 14.8. The molecule has 0 atom stereocenters. The molecule has 2 aliphatic carbocycles. The van der Waals surface area contributed by atoms with Gasteiger partial charge in [-0.15, -0.1) is 0 Å². The van der Waals surface area contributed by atoms with Gasteiger partial charge in [-0.3, -0.25) is 4.79 Å². The molecule has 0 fully saturated rings. The van der Waals surface area contributed by atoms with Crippen LogP contribution in [0.15, 0.2) is 129 Å². The lowest BCUT2D eigenvalue weighted by Gasteiger charge is -2.14. The maximum absolute atomic E-state index is 13.3. The summed E-state index contributed by atoms with van der Waals surface area (Å²) in [5, 5.41) is 1.18. The predicted molar refractivity (Wildman–Crippen MR) is 197 cm³/mol. The highest BCUT2D eigenvalue weighted by atomic mass is 79.9. The highest BCUT2D eigenvalue weighted by Crippen LogP contribution is 2.44. The molecule has 0 unspecified atom stereocenters. The number of halogens is 10. The standard InChI is InChI=1S/C20H13BrClF3.C19H11BrClF3O/c1-12(20(23,24)25)19-14(5-2-13-3-7-17(22)8-4-13)10-15-11-16(21)6-9-18(15)19;20-14-5-8-16-13(10-14)9-12(17(16)18(25)19(22,23)24)4-1-11-2-6-15(21)7-3-11/h2-9,11H,1,10H2;1-8,10H,9H2/b5-2+;4-1+. The van der Waals surface area contributed by atoms with E-state index in [0.29, 0.717) is 44.3 Å². The minimum atomic E-state index is -4.91. The minimum absolute atomic E-state index is 0.167. The fourth-order valence-corrected chi connectivity index (χ4v) is 6.64. The van der Waals surface area contributed by atoms with Gasteiger partial charge in [0.1, 0.15) is 0 Å². The van der Waals surface area contributed by atoms with E-state index in [9.17, 15) is 31.1 Å². The zero-order chi connectivity index (χ0) is 36.4. The number of Topliss-reactive ketones (excluding diaryl/α,β-unsaturated/α-hetero) is 1. The molecule has 0 saturated heterocycles. The molecular weight excluding hydrogens is 829 g/mol. The molecule has 4 aromatic rings. The van der Waals surface area contributed by atoms with E-state index < -0.39 is 23.7 Å². The molecule has 0 amide bonds. The quantitative estimate of drug-likeness (QED) is 0.177. The van der Waals surface area contributed by atoms with Crippen molar-refractivity contribution in [1.29, 1.82) is 0 Å². The van der Waals surface area contributed by atoms with Crippen LogP contribution in [0.4, 0.5) is 26.3 Å². The van der Waals surface area contributed by atoms with Crippen LogP contribution >= 0.6 is 55.1 Å². The Morgan fingerprint density at radius 2 is 1.00 bits per heavy atom. The Kier molecular flexibility index (Phi) is 11.5. The van der Waals surface area contributed by atoms with Crippen LogP contribution in [0.1, 0.15) is 33.4 Å². The van der Waals surface area contributed by atoms with Crippen molar-refractivity contribution in [3.63, 3.8) is 0 Å². The van der Waals surface area contributed by atoms with Crippen molar-refractivity contribution >= 4 is 84.1 Å². The number of ketones is 1. The Hall–Kier alpha value is -3.63. The maximum Gasteiger partial charge on any atom is 0.454 e. The first kappa shape index (κ1) is 37.6. The number of fused-ring (bicyclic) bond motifs is 2. The first-order valence-corrected chi connectivity index (χ1v) is 17.1. The largest absolute Gasteiger partial charge is 0.454 e. The second kappa shape index (κ2) is 15.3. The molecule has 4 aromatic carbocycles. The van der Waals surface area contributed by atoms with Gasteiger partial charge in [0.2, 0.25) is 0 Å². The van der Waals surface area contributed by atoms with E-state index in [2.05, 4.69) is 38.4 Å². The molecule has 0 spiro atoms. The van der Waals surface area contributed by atoms with Crippen molar-refractivity contribution < 1.29 is 31.1 Å². The van der Waals surface area contributed by atoms with E-state index in [0.717, 1.165) is 25.6 Å². The molecule has 2 aliphatic rings. The average molecular weight is 853 g/mol. The molecule has 0 radical (unpaired) electrons. The number of carbonyl (C=O) groups excluding carboxylic acids is 1. The van der Waals surface area contributed by atoms with Crippen LogP contribution < -0.4 is 0 Å². The molecule has 11 heteroatoms. The van der Waals surface area contributed by atoms with Gasteiger partial charge in [-0.05, 0) is 111 Å². The molecule has 50 heavy (non-hydrogen) atoms. The number of carbonyl (C=O) groups is 1. The van der Waals surface area contributed by atoms with Gasteiger partial charge in [-0.2, -0.15) is 26.3 Å². The summed E-state index contributed by atoms with van der Waals surface area (Å²) in [5.41, 5.74) is 4.14. The summed E-state index contributed by atoms with van der Waals surface area (Å²) in [6.45, 7) is 3.30. The lowest BCUT2D eigenvalue weighted by molar-refractivity contribution is -0.164. The summed E-state index contributed by atoms with van der Waals surface area (Å²) in [5.74, 6) is -1.82. The molecule has 0 N–H and O–H groups in total. The van der Waals surface area contributed by atoms with Crippen LogP contribution in [0, 0.1) is 0 Å². The lowest BCUT2D eigenvalue weighted by Crippen LogP contribution is -2.24. The predicted octanol–water partition coefficient (Wildman–Crippen LogP) is 13.5. The summed E-state index contributed by atoms with van der Waals surface area (Å²) in [6, 6.07) is 24.2. The topological polar surface area (TPSA) is 17.1 Å². The second-order valence-corrected chi connectivity index (χ2v) is 14.0. The highest BCUT2D eigenvalue weighted by Gasteiger charge is 2.44. The molecule has 6 rings (SSSR count). The average Bonchev–Trinajstić information content (AvgIpc) is 3.59. The molecule has 1 nitrogen and oxygen atoms in total. The summed E-state index contributed by atoms with van der Waals surface area (Å²) >= 11 is 18.4. The van der Waals surface area contributed by atoms with Gasteiger partial charge in [-0.25, -0.2) is 0 Å². The number of hydrogen-bond acceptors (Lipinski definition) is 1. The number of rotatable bonds is 6. The van der Waals surface area contributed by atoms with E-state index in [1.54, 1.807) is 91.0 Å². The van der Waals surface area contributed by atoms with Crippen LogP contribution in [-0.4, -0.2) is 18.1 Å². The Morgan fingerprint density at radius 1 is 0.600 bits per heavy atom. The van der Waals surface area contributed by atoms with Crippen molar-refractivity contribution in [2.75, 3.05) is 0 Å². The number of allylic oxidation sites excluding steroid dienone is 7. The van der Waals surface area contributed by atoms with Gasteiger partial charge in [0.25, 0.3) is 5.78 Å². The third kappa shape index (κ3) is 8.99. The fourth-order valence-electron chi connectivity index (χ4n) is 5.57. The highest BCUT2D eigenvalue weighted by molar-refractivity contribution is 9.10. The lowest BCUT2D eigenvalue weighted by atomic mass is 9.98. The van der Waals surface area contributed by atoms with Crippen LogP contribution in [0.3, 0.4) is 0 Å². The number of alkyl halides is 6. The second-order valence-electron chi connectivity index (χ2n) is 11.3. The Labute approximate surface area is 311 Å². The Bertz CT molecular complexity index is 1940. The van der Waals surface area contributed by atoms with Gasteiger partial charge >= 0.3 is 12.4 Å². The van der Waals surface area contributed by atoms with Crippen molar-refractivity contribution in [3.8, 4) is 0 Å². The van der Waals surface area contributed by atoms with Gasteiger partial charge in [0, 0.05) is 24.6 Å². The van der Waals surface area contributed by atoms with Crippen molar-refractivity contribution in [2.45, 2.75) is 25.2 Å². The van der Waals surface area contributed by atoms with E-state index in [1.807, 2.05) is 18.2 Å². The van der Waals surface area contributed by atoms with Gasteiger partial charge in [0.05, 0.1) is 5.57 Å². The van der Waals surface area contributed by atoms with Crippen molar-refractivity contribution in [3.05, 3.63) is 173 Å². The van der Waals surface area contributed by atoms with Gasteiger partial charge < -0.3 is 0 Å². The zero-order valence-electron chi connectivity index (χ0n) is 25.7. The molecule has 0 heterocycles. The van der Waals surface area contributed by atoms with Crippen LogP contribution in [0.2, 0.25) is 10.0 Å². The third-order valence-electron chi connectivity index (χ3n) is 7.90.